The van der Waals surface area contributed by atoms with Crippen molar-refractivity contribution >= 4 is 23.6 Å². The number of benzene rings is 2. The summed E-state index contributed by atoms with van der Waals surface area (Å²) in [5, 5.41) is 2.77. The van der Waals surface area contributed by atoms with Crippen molar-refractivity contribution in [3.8, 4) is 11.5 Å². The van der Waals surface area contributed by atoms with E-state index in [4.69, 9.17) is 14.2 Å². The van der Waals surface area contributed by atoms with E-state index in [1.165, 1.54) is 6.08 Å². The Hall–Kier alpha value is -3.28. The minimum absolute atomic E-state index is 0.277. The third-order valence-electron chi connectivity index (χ3n) is 3.93. The zero-order chi connectivity index (χ0) is 21.9. The first-order chi connectivity index (χ1) is 14.4. The highest BCUT2D eigenvalue weighted by Crippen LogP contribution is 2.29. The maximum atomic E-state index is 12.2. The number of amides is 1. The second kappa shape index (κ2) is 11.7. The van der Waals surface area contributed by atoms with Crippen LogP contribution >= 0.6 is 0 Å². The number of carbonyl (C=O) groups excluding carboxylic acids is 2. The molecule has 0 heterocycles. The molecule has 1 amide bonds. The van der Waals surface area contributed by atoms with Crippen LogP contribution in [0.4, 0.5) is 5.69 Å². The van der Waals surface area contributed by atoms with Crippen molar-refractivity contribution in [2.24, 2.45) is 5.92 Å². The molecular formula is C24H29NO5. The van der Waals surface area contributed by atoms with Gasteiger partial charge < -0.3 is 19.5 Å². The maximum absolute atomic E-state index is 12.2. The van der Waals surface area contributed by atoms with Gasteiger partial charge in [-0.05, 0) is 67.8 Å². The van der Waals surface area contributed by atoms with Crippen LogP contribution in [0.3, 0.4) is 0 Å². The van der Waals surface area contributed by atoms with Crippen molar-refractivity contribution in [2.45, 2.75) is 27.7 Å². The molecule has 0 radical (unpaired) electrons. The predicted octanol–water partition coefficient (Wildman–Crippen LogP) is 4.95. The summed E-state index contributed by atoms with van der Waals surface area (Å²) in [5.41, 5.74) is 1.86. The average molecular weight is 411 g/mol. The summed E-state index contributed by atoms with van der Waals surface area (Å²) in [5.74, 6) is 0.938. The van der Waals surface area contributed by atoms with E-state index in [0.717, 1.165) is 5.56 Å². The van der Waals surface area contributed by atoms with E-state index in [0.29, 0.717) is 42.6 Å². The summed E-state index contributed by atoms with van der Waals surface area (Å²) >= 11 is 0. The maximum Gasteiger partial charge on any atom is 0.338 e. The number of hydrogen-bond donors (Lipinski definition) is 1. The SMILES string of the molecule is CCOc1ccc(C=CC(=O)Nc2ccc(C(=O)OCC(C)C)cc2)cc1OCC. The van der Waals surface area contributed by atoms with Gasteiger partial charge in [-0.1, -0.05) is 19.9 Å². The fourth-order valence-corrected chi connectivity index (χ4v) is 2.54. The molecule has 6 heteroatoms. The second-order valence-electron chi connectivity index (χ2n) is 6.96. The van der Waals surface area contributed by atoms with Gasteiger partial charge in [-0.25, -0.2) is 4.79 Å². The number of hydrogen-bond acceptors (Lipinski definition) is 5. The Morgan fingerprint density at radius 1 is 0.967 bits per heavy atom. The van der Waals surface area contributed by atoms with Crippen molar-refractivity contribution < 1.29 is 23.8 Å². The fraction of sp³-hybridized carbons (Fsp3) is 0.333. The standard InChI is InChI=1S/C24H29NO5/c1-5-28-21-13-7-18(15-22(21)29-6-2)8-14-23(26)25-20-11-9-19(10-12-20)24(27)30-16-17(3)4/h7-15,17H,5-6,16H2,1-4H3,(H,25,26). The first-order valence-electron chi connectivity index (χ1n) is 10.1. The monoisotopic (exact) mass is 411 g/mol. The first-order valence-corrected chi connectivity index (χ1v) is 10.1. The molecule has 0 aromatic heterocycles. The predicted molar refractivity (Wildman–Crippen MR) is 118 cm³/mol. The molecule has 0 saturated heterocycles. The molecule has 1 N–H and O–H groups in total. The van der Waals surface area contributed by atoms with Gasteiger partial charge >= 0.3 is 5.97 Å². The molecule has 0 aliphatic carbocycles. The summed E-state index contributed by atoms with van der Waals surface area (Å²) in [6.07, 6.45) is 3.14. The van der Waals surface area contributed by atoms with Gasteiger partial charge in [0.2, 0.25) is 5.91 Å². The highest BCUT2D eigenvalue weighted by molar-refractivity contribution is 6.02. The summed E-state index contributed by atoms with van der Waals surface area (Å²) in [4.78, 5) is 24.2. The molecular weight excluding hydrogens is 382 g/mol. The molecule has 0 atom stereocenters. The zero-order valence-electron chi connectivity index (χ0n) is 17.9. The first kappa shape index (κ1) is 23.0. The Bertz CT molecular complexity index is 872. The molecule has 0 fully saturated rings. The highest BCUT2D eigenvalue weighted by atomic mass is 16.5. The smallest absolute Gasteiger partial charge is 0.338 e. The quantitative estimate of drug-likeness (QED) is 0.442. The minimum atomic E-state index is -0.373. The van der Waals surface area contributed by atoms with Gasteiger partial charge in [0.05, 0.1) is 25.4 Å². The number of rotatable bonds is 10. The van der Waals surface area contributed by atoms with Crippen molar-refractivity contribution in [3.63, 3.8) is 0 Å². The molecule has 2 aromatic carbocycles. The largest absolute Gasteiger partial charge is 0.490 e. The van der Waals surface area contributed by atoms with Crippen LogP contribution in [0.2, 0.25) is 0 Å². The van der Waals surface area contributed by atoms with Crippen molar-refractivity contribution in [3.05, 3.63) is 59.7 Å². The van der Waals surface area contributed by atoms with E-state index in [2.05, 4.69) is 5.32 Å². The van der Waals surface area contributed by atoms with Crippen LogP contribution in [0.5, 0.6) is 11.5 Å². The lowest BCUT2D eigenvalue weighted by molar-refractivity contribution is -0.111. The molecule has 0 spiro atoms. The number of carbonyl (C=O) groups is 2. The Morgan fingerprint density at radius 3 is 2.27 bits per heavy atom. The van der Waals surface area contributed by atoms with Crippen molar-refractivity contribution in [1.29, 1.82) is 0 Å². The van der Waals surface area contributed by atoms with Gasteiger partial charge in [-0.15, -0.1) is 0 Å². The van der Waals surface area contributed by atoms with E-state index in [-0.39, 0.29) is 17.8 Å². The van der Waals surface area contributed by atoms with Gasteiger partial charge in [-0.3, -0.25) is 4.79 Å². The third kappa shape index (κ3) is 7.28. The normalized spacial score (nSPS) is 10.8. The highest BCUT2D eigenvalue weighted by Gasteiger charge is 2.09. The lowest BCUT2D eigenvalue weighted by Crippen LogP contribution is -2.11. The Morgan fingerprint density at radius 2 is 1.63 bits per heavy atom. The van der Waals surface area contributed by atoms with Crippen molar-refractivity contribution in [2.75, 3.05) is 25.1 Å². The molecule has 30 heavy (non-hydrogen) atoms. The summed E-state index contributed by atoms with van der Waals surface area (Å²) < 4.78 is 16.3. The van der Waals surface area contributed by atoms with Crippen LogP contribution in [-0.4, -0.2) is 31.7 Å². The van der Waals surface area contributed by atoms with E-state index in [9.17, 15) is 9.59 Å². The molecule has 0 aliphatic heterocycles. The fourth-order valence-electron chi connectivity index (χ4n) is 2.54. The Kier molecular flexibility index (Phi) is 8.94. The molecule has 160 valence electrons. The molecule has 2 rings (SSSR count). The van der Waals surface area contributed by atoms with Crippen molar-refractivity contribution in [1.82, 2.24) is 0 Å². The van der Waals surface area contributed by atoms with Crippen LogP contribution < -0.4 is 14.8 Å². The van der Waals surface area contributed by atoms with Crippen LogP contribution in [0.25, 0.3) is 6.08 Å². The van der Waals surface area contributed by atoms with Crippen LogP contribution in [0, 0.1) is 5.92 Å². The lowest BCUT2D eigenvalue weighted by atomic mass is 10.2. The van der Waals surface area contributed by atoms with Crippen LogP contribution in [-0.2, 0) is 9.53 Å². The summed E-state index contributed by atoms with van der Waals surface area (Å²) in [6.45, 7) is 9.21. The summed E-state index contributed by atoms with van der Waals surface area (Å²) in [6, 6.07) is 12.1. The third-order valence-corrected chi connectivity index (χ3v) is 3.93. The Labute approximate surface area is 177 Å². The molecule has 0 saturated carbocycles. The van der Waals surface area contributed by atoms with E-state index < -0.39 is 0 Å². The molecule has 0 bridgehead atoms. The van der Waals surface area contributed by atoms with E-state index in [1.807, 2.05) is 45.9 Å². The van der Waals surface area contributed by atoms with Gasteiger partial charge in [0.15, 0.2) is 11.5 Å². The summed E-state index contributed by atoms with van der Waals surface area (Å²) in [7, 11) is 0. The second-order valence-corrected chi connectivity index (χ2v) is 6.96. The number of esters is 1. The number of nitrogens with one attached hydrogen (secondary N) is 1. The van der Waals surface area contributed by atoms with E-state index in [1.54, 1.807) is 30.3 Å². The van der Waals surface area contributed by atoms with Gasteiger partial charge in [0.25, 0.3) is 0 Å². The van der Waals surface area contributed by atoms with Crippen LogP contribution in [0.15, 0.2) is 48.5 Å². The van der Waals surface area contributed by atoms with Gasteiger partial charge in [0.1, 0.15) is 0 Å². The zero-order valence-corrected chi connectivity index (χ0v) is 17.9. The van der Waals surface area contributed by atoms with Gasteiger partial charge in [-0.2, -0.15) is 0 Å². The Balaban J connectivity index is 1.97. The number of anilines is 1. The minimum Gasteiger partial charge on any atom is -0.490 e. The average Bonchev–Trinajstić information content (AvgIpc) is 2.73. The molecule has 2 aromatic rings. The topological polar surface area (TPSA) is 73.9 Å². The lowest BCUT2D eigenvalue weighted by Gasteiger charge is -2.11. The molecule has 6 nitrogen and oxygen atoms in total. The molecule has 0 unspecified atom stereocenters. The molecule has 0 aliphatic rings. The number of ether oxygens (including phenoxy) is 3. The van der Waals surface area contributed by atoms with Gasteiger partial charge in [0, 0.05) is 11.8 Å². The van der Waals surface area contributed by atoms with Crippen LogP contribution in [0.1, 0.15) is 43.6 Å². The van der Waals surface area contributed by atoms with E-state index >= 15 is 0 Å².